The van der Waals surface area contributed by atoms with E-state index in [1.165, 1.54) is 4.90 Å². The van der Waals surface area contributed by atoms with E-state index < -0.39 is 29.8 Å². The molecule has 0 aliphatic heterocycles. The Labute approximate surface area is 137 Å². The van der Waals surface area contributed by atoms with Gasteiger partial charge in [0.2, 0.25) is 5.91 Å². The van der Waals surface area contributed by atoms with E-state index in [1.54, 1.807) is 44.2 Å². The van der Waals surface area contributed by atoms with Gasteiger partial charge in [-0.3, -0.25) is 9.59 Å². The van der Waals surface area contributed by atoms with E-state index in [4.69, 9.17) is 0 Å². The average Bonchev–Trinajstić information content (AvgIpc) is 2.49. The second-order valence-electron chi connectivity index (χ2n) is 5.57. The van der Waals surface area contributed by atoms with Gasteiger partial charge in [-0.15, -0.1) is 0 Å². The van der Waals surface area contributed by atoms with E-state index in [0.29, 0.717) is 18.0 Å². The quantitative estimate of drug-likeness (QED) is 0.858. The van der Waals surface area contributed by atoms with Gasteiger partial charge in [0.15, 0.2) is 0 Å². The van der Waals surface area contributed by atoms with Crippen molar-refractivity contribution in [1.29, 1.82) is 0 Å². The summed E-state index contributed by atoms with van der Waals surface area (Å²) >= 11 is 0. The fourth-order valence-electron chi connectivity index (χ4n) is 2.36. The first-order valence-corrected chi connectivity index (χ1v) is 7.35. The summed E-state index contributed by atoms with van der Waals surface area (Å²) in [7, 11) is 0. The standard InChI is InChI=1S/C17H17F3N2O2/c1-12(2)22(14-6-4-3-5-7-14)16(24)11-21-10-13(17(18,19)20)8-9-15(21)23/h3-10,12H,11H2,1-2H3. The van der Waals surface area contributed by atoms with Crippen LogP contribution in [0.4, 0.5) is 18.9 Å². The molecule has 1 amide bonds. The van der Waals surface area contributed by atoms with Gasteiger partial charge in [-0.1, -0.05) is 18.2 Å². The molecule has 0 N–H and O–H groups in total. The molecule has 2 aromatic rings. The van der Waals surface area contributed by atoms with E-state index in [1.807, 2.05) is 0 Å². The number of nitrogens with zero attached hydrogens (tertiary/aromatic N) is 2. The summed E-state index contributed by atoms with van der Waals surface area (Å²) in [5.41, 5.74) is -1.00. The third-order valence-electron chi connectivity index (χ3n) is 3.44. The number of amides is 1. The maximum atomic E-state index is 12.8. The van der Waals surface area contributed by atoms with Crippen molar-refractivity contribution in [3.8, 4) is 0 Å². The van der Waals surface area contributed by atoms with Crippen LogP contribution in [0.25, 0.3) is 0 Å². The highest BCUT2D eigenvalue weighted by atomic mass is 19.4. The van der Waals surface area contributed by atoms with Gasteiger partial charge < -0.3 is 9.47 Å². The number of aromatic nitrogens is 1. The molecule has 1 heterocycles. The fraction of sp³-hybridized carbons (Fsp3) is 0.294. The predicted octanol–water partition coefficient (Wildman–Crippen LogP) is 3.31. The minimum atomic E-state index is -4.57. The number of anilines is 1. The van der Waals surface area contributed by atoms with Crippen molar-refractivity contribution in [3.63, 3.8) is 0 Å². The molecule has 0 atom stereocenters. The highest BCUT2D eigenvalue weighted by Crippen LogP contribution is 2.28. The number of hydrogen-bond donors (Lipinski definition) is 0. The Balaban J connectivity index is 2.32. The molecule has 0 saturated heterocycles. The topological polar surface area (TPSA) is 42.3 Å². The summed E-state index contributed by atoms with van der Waals surface area (Å²) in [6.07, 6.45) is -3.90. The zero-order valence-electron chi connectivity index (χ0n) is 13.2. The highest BCUT2D eigenvalue weighted by molar-refractivity contribution is 5.93. The number of pyridine rings is 1. The summed E-state index contributed by atoms with van der Waals surface area (Å²) in [5, 5.41) is 0. The van der Waals surface area contributed by atoms with Crippen molar-refractivity contribution < 1.29 is 18.0 Å². The van der Waals surface area contributed by atoms with Gasteiger partial charge >= 0.3 is 6.18 Å². The first kappa shape index (κ1) is 17.8. The molecule has 0 aliphatic carbocycles. The Morgan fingerprint density at radius 2 is 1.75 bits per heavy atom. The molecule has 2 rings (SSSR count). The lowest BCUT2D eigenvalue weighted by Crippen LogP contribution is -2.41. The van der Waals surface area contributed by atoms with Crippen LogP contribution in [0.3, 0.4) is 0 Å². The van der Waals surface area contributed by atoms with Crippen LogP contribution < -0.4 is 10.5 Å². The Morgan fingerprint density at radius 3 is 2.29 bits per heavy atom. The van der Waals surface area contributed by atoms with Gasteiger partial charge in [-0.2, -0.15) is 13.2 Å². The average molecular weight is 338 g/mol. The molecule has 0 unspecified atom stereocenters. The molecule has 4 nitrogen and oxygen atoms in total. The number of halogens is 3. The summed E-state index contributed by atoms with van der Waals surface area (Å²) in [5.74, 6) is -0.461. The predicted molar refractivity (Wildman–Crippen MR) is 84.8 cm³/mol. The molecule has 1 aromatic heterocycles. The smallest absolute Gasteiger partial charge is 0.308 e. The van der Waals surface area contributed by atoms with Crippen LogP contribution in [-0.2, 0) is 17.5 Å². The SMILES string of the molecule is CC(C)N(C(=O)Cn1cc(C(F)(F)F)ccc1=O)c1ccccc1. The number of hydrogen-bond acceptors (Lipinski definition) is 2. The van der Waals surface area contributed by atoms with Crippen LogP contribution >= 0.6 is 0 Å². The molecule has 128 valence electrons. The summed E-state index contributed by atoms with van der Waals surface area (Å²) in [6, 6.07) is 10.1. The van der Waals surface area contributed by atoms with E-state index in [-0.39, 0.29) is 6.04 Å². The van der Waals surface area contributed by atoms with Crippen LogP contribution in [-0.4, -0.2) is 16.5 Å². The first-order chi connectivity index (χ1) is 11.2. The number of carbonyl (C=O) groups excluding carboxylic acids is 1. The van der Waals surface area contributed by atoms with Crippen molar-refractivity contribution >= 4 is 11.6 Å². The number of rotatable bonds is 4. The van der Waals surface area contributed by atoms with Gasteiger partial charge in [0.1, 0.15) is 6.54 Å². The molecular weight excluding hydrogens is 321 g/mol. The van der Waals surface area contributed by atoms with E-state index in [9.17, 15) is 22.8 Å². The van der Waals surface area contributed by atoms with E-state index in [2.05, 4.69) is 0 Å². The third-order valence-corrected chi connectivity index (χ3v) is 3.44. The molecule has 7 heteroatoms. The number of carbonyl (C=O) groups is 1. The Morgan fingerprint density at radius 1 is 1.12 bits per heavy atom. The van der Waals surface area contributed by atoms with Crippen LogP contribution in [0, 0.1) is 0 Å². The number of alkyl halides is 3. The Kier molecular flexibility index (Phi) is 5.11. The summed E-state index contributed by atoms with van der Waals surface area (Å²) in [4.78, 5) is 25.8. The van der Waals surface area contributed by atoms with Gasteiger partial charge in [-0.05, 0) is 32.0 Å². The van der Waals surface area contributed by atoms with Crippen LogP contribution in [0.2, 0.25) is 0 Å². The first-order valence-electron chi connectivity index (χ1n) is 7.35. The number of benzene rings is 1. The zero-order chi connectivity index (χ0) is 17.9. The van der Waals surface area contributed by atoms with Crippen molar-refractivity contribution in [2.75, 3.05) is 4.90 Å². The Hall–Kier alpha value is -2.57. The Bertz CT molecular complexity index is 767. The van der Waals surface area contributed by atoms with Crippen molar-refractivity contribution in [2.24, 2.45) is 0 Å². The molecule has 1 aromatic carbocycles. The minimum Gasteiger partial charge on any atom is -0.308 e. The second-order valence-corrected chi connectivity index (χ2v) is 5.57. The van der Waals surface area contributed by atoms with Gasteiger partial charge in [-0.25, -0.2) is 0 Å². The fourth-order valence-corrected chi connectivity index (χ4v) is 2.36. The van der Waals surface area contributed by atoms with Crippen LogP contribution in [0.5, 0.6) is 0 Å². The minimum absolute atomic E-state index is 0.207. The van der Waals surface area contributed by atoms with Crippen molar-refractivity contribution in [3.05, 3.63) is 64.6 Å². The number of para-hydroxylation sites is 1. The normalized spacial score (nSPS) is 11.6. The van der Waals surface area contributed by atoms with Crippen molar-refractivity contribution in [1.82, 2.24) is 4.57 Å². The molecule has 0 bridgehead atoms. The van der Waals surface area contributed by atoms with Gasteiger partial charge in [0, 0.05) is 24.0 Å². The third kappa shape index (κ3) is 4.04. The molecular formula is C17H17F3N2O2. The highest BCUT2D eigenvalue weighted by Gasteiger charge is 2.31. The maximum Gasteiger partial charge on any atom is 0.417 e. The largest absolute Gasteiger partial charge is 0.417 e. The van der Waals surface area contributed by atoms with Crippen molar-refractivity contribution in [2.45, 2.75) is 32.6 Å². The van der Waals surface area contributed by atoms with Gasteiger partial charge in [0.25, 0.3) is 5.56 Å². The molecule has 0 saturated carbocycles. The lowest BCUT2D eigenvalue weighted by molar-refractivity contribution is -0.138. The molecule has 0 fully saturated rings. The second kappa shape index (κ2) is 6.90. The summed E-state index contributed by atoms with van der Waals surface area (Å²) in [6.45, 7) is 3.12. The lowest BCUT2D eigenvalue weighted by Gasteiger charge is -2.27. The monoisotopic (exact) mass is 338 g/mol. The van der Waals surface area contributed by atoms with E-state index >= 15 is 0 Å². The van der Waals surface area contributed by atoms with Crippen LogP contribution in [0.1, 0.15) is 19.4 Å². The molecule has 0 spiro atoms. The zero-order valence-corrected chi connectivity index (χ0v) is 13.2. The maximum absolute atomic E-state index is 12.8. The molecule has 24 heavy (non-hydrogen) atoms. The molecule has 0 radical (unpaired) electrons. The lowest BCUT2D eigenvalue weighted by atomic mass is 10.2. The van der Waals surface area contributed by atoms with Gasteiger partial charge in [0.05, 0.1) is 5.56 Å². The molecule has 0 aliphatic rings. The summed E-state index contributed by atoms with van der Waals surface area (Å²) < 4.78 is 39.1. The van der Waals surface area contributed by atoms with Crippen LogP contribution in [0.15, 0.2) is 53.5 Å². The van der Waals surface area contributed by atoms with E-state index in [0.717, 1.165) is 10.6 Å².